The van der Waals surface area contributed by atoms with Gasteiger partial charge in [-0.05, 0) is 35.9 Å². The number of fused-ring (bicyclic) bond motifs is 4. The largest absolute Gasteiger partial charge is 0.463 e. The molecule has 6 rings (SSSR count). The molecule has 0 fully saturated rings. The minimum absolute atomic E-state index is 0.0800. The van der Waals surface area contributed by atoms with E-state index in [1.54, 1.807) is 36.7 Å². The van der Waals surface area contributed by atoms with Crippen molar-refractivity contribution in [2.45, 2.75) is 12.3 Å². The number of hydrogen-bond donors (Lipinski definition) is 0. The molecule has 6 nitrogen and oxygen atoms in total. The molecule has 1 aliphatic heterocycles. The molecule has 160 valence electrons. The topological polar surface area (TPSA) is 82.3 Å². The van der Waals surface area contributed by atoms with Gasteiger partial charge in [0.05, 0.1) is 28.4 Å². The Labute approximate surface area is 186 Å². The van der Waals surface area contributed by atoms with Crippen LogP contribution in [0, 0.1) is 5.82 Å². The molecule has 7 heteroatoms. The fraction of sp³-hybridized carbons (Fsp3) is 0.0769. The summed E-state index contributed by atoms with van der Waals surface area (Å²) in [5.41, 5.74) is 3.12. The molecule has 0 saturated heterocycles. The third-order valence-corrected chi connectivity index (χ3v) is 5.94. The molecule has 5 aromatic rings. The predicted molar refractivity (Wildman–Crippen MR) is 120 cm³/mol. The highest BCUT2D eigenvalue weighted by molar-refractivity contribution is 5.90. The van der Waals surface area contributed by atoms with E-state index in [0.29, 0.717) is 22.4 Å². The monoisotopic (exact) mass is 438 g/mol. The number of ether oxygens (including phenoxy) is 1. The van der Waals surface area contributed by atoms with Gasteiger partial charge in [0.15, 0.2) is 0 Å². The van der Waals surface area contributed by atoms with Crippen LogP contribution in [0.15, 0.2) is 82.5 Å². The van der Waals surface area contributed by atoms with E-state index in [1.807, 2.05) is 18.2 Å². The number of rotatable bonds is 2. The molecule has 0 radical (unpaired) electrons. The highest BCUT2D eigenvalue weighted by Gasteiger charge is 2.32. The second-order valence-electron chi connectivity index (χ2n) is 7.85. The van der Waals surface area contributed by atoms with Crippen LogP contribution in [0.4, 0.5) is 4.39 Å². The maximum atomic E-state index is 14.3. The molecule has 0 amide bonds. The van der Waals surface area contributed by atoms with Gasteiger partial charge in [-0.15, -0.1) is 0 Å². The lowest BCUT2D eigenvalue weighted by molar-refractivity contribution is -0.135. The Morgan fingerprint density at radius 1 is 0.909 bits per heavy atom. The summed E-state index contributed by atoms with van der Waals surface area (Å²) in [6, 6.07) is 14.8. The average Bonchev–Trinajstić information content (AvgIpc) is 2.84. The first-order chi connectivity index (χ1) is 16.1. The number of esters is 1. The Hall–Kier alpha value is -4.39. The summed E-state index contributed by atoms with van der Waals surface area (Å²) in [6.45, 7) is 0. The van der Waals surface area contributed by atoms with E-state index < -0.39 is 11.7 Å². The van der Waals surface area contributed by atoms with Crippen LogP contribution >= 0.6 is 0 Å². The van der Waals surface area contributed by atoms with E-state index in [2.05, 4.69) is 9.97 Å². The van der Waals surface area contributed by atoms with Crippen molar-refractivity contribution in [2.24, 2.45) is 0 Å². The van der Waals surface area contributed by atoms with Crippen LogP contribution in [-0.2, 0) is 4.79 Å². The molecule has 0 unspecified atom stereocenters. The number of halogens is 1. The molecule has 1 aliphatic rings. The van der Waals surface area contributed by atoms with E-state index >= 15 is 0 Å². The van der Waals surface area contributed by atoms with Crippen LogP contribution < -0.4 is 10.2 Å². The standard InChI is InChI=1S/C26H15FN2O4/c27-19-4-2-1-3-15(19)18-13-32-26-16(25(18)31)6-8-22-24(26)17(12-23(30)33-22)14-5-7-20-21(11-14)29-10-9-28-20/h1-11,13,17H,12H2/t17-/m1/s1. The van der Waals surface area contributed by atoms with E-state index in [1.165, 1.54) is 18.4 Å². The quantitative estimate of drug-likeness (QED) is 0.286. The second kappa shape index (κ2) is 7.34. The fourth-order valence-corrected chi connectivity index (χ4v) is 4.40. The minimum atomic E-state index is -0.508. The number of carbonyl (C=O) groups excluding carboxylic acids is 1. The summed E-state index contributed by atoms with van der Waals surface area (Å²) < 4.78 is 25.7. The molecule has 1 atom stereocenters. The zero-order valence-corrected chi connectivity index (χ0v) is 17.1. The van der Waals surface area contributed by atoms with Crippen molar-refractivity contribution < 1.29 is 18.3 Å². The molecule has 0 aliphatic carbocycles. The van der Waals surface area contributed by atoms with Gasteiger partial charge in [0.1, 0.15) is 23.4 Å². The van der Waals surface area contributed by atoms with Crippen LogP contribution in [-0.4, -0.2) is 15.9 Å². The summed E-state index contributed by atoms with van der Waals surface area (Å²) in [7, 11) is 0. The zero-order valence-electron chi connectivity index (χ0n) is 17.1. The summed E-state index contributed by atoms with van der Waals surface area (Å²) in [4.78, 5) is 34.3. The number of carbonyl (C=O) groups is 1. The van der Waals surface area contributed by atoms with Crippen LogP contribution in [0.1, 0.15) is 23.5 Å². The first-order valence-corrected chi connectivity index (χ1v) is 10.3. The van der Waals surface area contributed by atoms with Gasteiger partial charge in [0.25, 0.3) is 0 Å². The Kier molecular flexibility index (Phi) is 4.29. The van der Waals surface area contributed by atoms with Crippen molar-refractivity contribution in [2.75, 3.05) is 0 Å². The predicted octanol–water partition coefficient (Wildman–Crippen LogP) is 4.98. The molecule has 0 bridgehead atoms. The van der Waals surface area contributed by atoms with Gasteiger partial charge in [-0.1, -0.05) is 24.3 Å². The van der Waals surface area contributed by atoms with Crippen LogP contribution in [0.25, 0.3) is 33.1 Å². The van der Waals surface area contributed by atoms with Gasteiger partial charge in [-0.3, -0.25) is 19.6 Å². The van der Waals surface area contributed by atoms with Gasteiger partial charge in [0.2, 0.25) is 5.43 Å². The van der Waals surface area contributed by atoms with Gasteiger partial charge in [-0.2, -0.15) is 0 Å². The van der Waals surface area contributed by atoms with E-state index in [4.69, 9.17) is 9.15 Å². The third kappa shape index (κ3) is 3.09. The average molecular weight is 438 g/mol. The lowest BCUT2D eigenvalue weighted by Gasteiger charge is -2.25. The Balaban J connectivity index is 1.58. The van der Waals surface area contributed by atoms with Crippen molar-refractivity contribution in [1.29, 1.82) is 0 Å². The number of benzene rings is 3. The maximum absolute atomic E-state index is 14.3. The molecular weight excluding hydrogens is 423 g/mol. The van der Waals surface area contributed by atoms with E-state index in [0.717, 1.165) is 11.1 Å². The highest BCUT2D eigenvalue weighted by Crippen LogP contribution is 2.43. The van der Waals surface area contributed by atoms with Crippen molar-refractivity contribution in [3.8, 4) is 16.9 Å². The van der Waals surface area contributed by atoms with Crippen molar-refractivity contribution in [3.05, 3.63) is 100 Å². The Bertz CT molecular complexity index is 1640. The van der Waals surface area contributed by atoms with Crippen LogP contribution in [0.2, 0.25) is 0 Å². The smallest absolute Gasteiger partial charge is 0.312 e. The highest BCUT2D eigenvalue weighted by atomic mass is 19.1. The van der Waals surface area contributed by atoms with Gasteiger partial charge < -0.3 is 9.15 Å². The number of aromatic nitrogens is 2. The second-order valence-corrected chi connectivity index (χ2v) is 7.85. The maximum Gasteiger partial charge on any atom is 0.312 e. The van der Waals surface area contributed by atoms with Crippen molar-refractivity contribution >= 4 is 28.0 Å². The minimum Gasteiger partial charge on any atom is -0.463 e. The lowest BCUT2D eigenvalue weighted by Crippen LogP contribution is -2.22. The van der Waals surface area contributed by atoms with Crippen molar-refractivity contribution in [3.63, 3.8) is 0 Å². The third-order valence-electron chi connectivity index (χ3n) is 5.94. The Morgan fingerprint density at radius 3 is 2.58 bits per heavy atom. The van der Waals surface area contributed by atoms with E-state index in [9.17, 15) is 14.0 Å². The molecule has 2 aromatic heterocycles. The van der Waals surface area contributed by atoms with Gasteiger partial charge in [-0.25, -0.2) is 4.39 Å². The summed E-state index contributed by atoms with van der Waals surface area (Å²) in [6.07, 6.45) is 4.57. The SMILES string of the molecule is O=C1C[C@H](c2ccc3nccnc3c2)c2c(ccc3c(=O)c(-c4ccccc4F)coc23)O1. The molecule has 0 N–H and O–H groups in total. The first-order valence-electron chi connectivity index (χ1n) is 10.3. The van der Waals surface area contributed by atoms with Crippen LogP contribution in [0.3, 0.4) is 0 Å². The normalized spacial score (nSPS) is 15.4. The number of hydrogen-bond acceptors (Lipinski definition) is 6. The molecule has 3 aromatic carbocycles. The van der Waals surface area contributed by atoms with E-state index in [-0.39, 0.29) is 34.3 Å². The fourth-order valence-electron chi connectivity index (χ4n) is 4.40. The molecule has 33 heavy (non-hydrogen) atoms. The zero-order chi connectivity index (χ0) is 22.5. The van der Waals surface area contributed by atoms with Crippen LogP contribution in [0.5, 0.6) is 5.75 Å². The molecule has 3 heterocycles. The number of nitrogens with zero attached hydrogens (tertiary/aromatic N) is 2. The van der Waals surface area contributed by atoms with Gasteiger partial charge in [0, 0.05) is 29.4 Å². The lowest BCUT2D eigenvalue weighted by atomic mass is 9.85. The summed E-state index contributed by atoms with van der Waals surface area (Å²) >= 11 is 0. The van der Waals surface area contributed by atoms with Crippen molar-refractivity contribution in [1.82, 2.24) is 9.97 Å². The molecule has 0 saturated carbocycles. The van der Waals surface area contributed by atoms with Gasteiger partial charge >= 0.3 is 5.97 Å². The first kappa shape index (κ1) is 19.3. The Morgan fingerprint density at radius 2 is 1.73 bits per heavy atom. The molecular formula is C26H15FN2O4. The summed E-state index contributed by atoms with van der Waals surface area (Å²) in [5, 5.41) is 0.290. The summed E-state index contributed by atoms with van der Waals surface area (Å²) in [5.74, 6) is -0.953. The molecule has 0 spiro atoms.